The molecule has 0 aliphatic rings. The van der Waals surface area contributed by atoms with E-state index in [0.29, 0.717) is 10.7 Å². The Morgan fingerprint density at radius 2 is 1.64 bits per heavy atom. The molecule has 7 heteroatoms. The van der Waals surface area contributed by atoms with Gasteiger partial charge in [0.15, 0.2) is 0 Å². The Bertz CT molecular complexity index is 832. The van der Waals surface area contributed by atoms with Gasteiger partial charge in [0, 0.05) is 18.1 Å². The fraction of sp³-hybridized carbons (Fsp3) is 0.278. The van der Waals surface area contributed by atoms with Crippen LogP contribution in [0.3, 0.4) is 0 Å². The van der Waals surface area contributed by atoms with Crippen LogP contribution in [0.2, 0.25) is 5.02 Å². The Morgan fingerprint density at radius 3 is 2.16 bits per heavy atom. The van der Waals surface area contributed by atoms with Crippen LogP contribution in [0.4, 0.5) is 5.69 Å². The lowest BCUT2D eigenvalue weighted by molar-refractivity contribution is -0.120. The zero-order valence-electron chi connectivity index (χ0n) is 14.4. The summed E-state index contributed by atoms with van der Waals surface area (Å²) in [5, 5.41) is 3.30. The Kier molecular flexibility index (Phi) is 6.08. The van der Waals surface area contributed by atoms with E-state index in [4.69, 9.17) is 11.6 Å². The molecule has 0 unspecified atom stereocenters. The summed E-state index contributed by atoms with van der Waals surface area (Å²) in [6.45, 7) is 3.80. The quantitative estimate of drug-likeness (QED) is 0.836. The van der Waals surface area contributed by atoms with Crippen LogP contribution >= 0.6 is 11.6 Å². The monoisotopic (exact) mass is 380 g/mol. The molecule has 2 aromatic carbocycles. The maximum absolute atomic E-state index is 12.6. The minimum atomic E-state index is -3.67. The number of hydrogen-bond donors (Lipinski definition) is 1. The molecule has 0 bridgehead atoms. The first-order valence-electron chi connectivity index (χ1n) is 7.83. The van der Waals surface area contributed by atoms with Gasteiger partial charge >= 0.3 is 0 Å². The average molecular weight is 381 g/mol. The fourth-order valence-corrected chi connectivity index (χ4v) is 3.61. The highest BCUT2D eigenvalue weighted by atomic mass is 35.5. The van der Waals surface area contributed by atoms with E-state index in [2.05, 4.69) is 5.32 Å². The van der Waals surface area contributed by atoms with Crippen LogP contribution in [0.5, 0.6) is 0 Å². The second kappa shape index (κ2) is 7.89. The van der Waals surface area contributed by atoms with Crippen molar-refractivity contribution in [2.24, 2.45) is 0 Å². The zero-order valence-corrected chi connectivity index (χ0v) is 15.9. The van der Waals surface area contributed by atoms with Gasteiger partial charge in [-0.25, -0.2) is 8.42 Å². The molecule has 1 amide bonds. The minimum absolute atomic E-state index is 0.0649. The van der Waals surface area contributed by atoms with Gasteiger partial charge in [0.05, 0.1) is 17.0 Å². The number of amides is 1. The number of rotatable bonds is 6. The molecule has 2 aromatic rings. The molecule has 1 N–H and O–H groups in total. The minimum Gasteiger partial charge on any atom is -0.354 e. The van der Waals surface area contributed by atoms with E-state index in [1.165, 1.54) is 23.5 Å². The van der Waals surface area contributed by atoms with Crippen LogP contribution in [0.25, 0.3) is 0 Å². The number of nitrogens with one attached hydrogen (secondary N) is 1. The summed E-state index contributed by atoms with van der Waals surface area (Å²) in [5.74, 6) is -0.0649. The molecule has 25 heavy (non-hydrogen) atoms. The van der Waals surface area contributed by atoms with Crippen molar-refractivity contribution in [2.45, 2.75) is 31.2 Å². The van der Waals surface area contributed by atoms with Crippen molar-refractivity contribution in [3.63, 3.8) is 0 Å². The van der Waals surface area contributed by atoms with E-state index < -0.39 is 10.0 Å². The van der Waals surface area contributed by atoms with Crippen molar-refractivity contribution in [3.8, 4) is 0 Å². The van der Waals surface area contributed by atoms with Gasteiger partial charge in [0.25, 0.3) is 10.0 Å². The molecule has 2 rings (SSSR count). The number of anilines is 1. The highest BCUT2D eigenvalue weighted by Gasteiger charge is 2.21. The van der Waals surface area contributed by atoms with Crippen molar-refractivity contribution >= 4 is 33.2 Å². The standard InChI is InChI=1S/C18H21ClN2O3S/c1-13(2)20-18(22)12-14-4-8-16(9-5-14)21(3)25(23,24)17-10-6-15(19)7-11-17/h4-11,13H,12H2,1-3H3,(H,20,22). The first-order valence-corrected chi connectivity index (χ1v) is 9.65. The predicted molar refractivity (Wildman–Crippen MR) is 100 cm³/mol. The van der Waals surface area contributed by atoms with E-state index in [-0.39, 0.29) is 23.3 Å². The van der Waals surface area contributed by atoms with Gasteiger partial charge in [-0.15, -0.1) is 0 Å². The second-order valence-electron chi connectivity index (χ2n) is 5.99. The van der Waals surface area contributed by atoms with Crippen LogP contribution in [0.1, 0.15) is 19.4 Å². The third-order valence-corrected chi connectivity index (χ3v) is 5.64. The number of carbonyl (C=O) groups excluding carboxylic acids is 1. The molecular formula is C18H21ClN2O3S. The molecule has 0 fully saturated rings. The summed E-state index contributed by atoms with van der Waals surface area (Å²) in [4.78, 5) is 12.0. The normalized spacial score (nSPS) is 11.4. The van der Waals surface area contributed by atoms with Gasteiger partial charge in [-0.2, -0.15) is 0 Å². The molecule has 0 radical (unpaired) electrons. The van der Waals surface area contributed by atoms with Crippen LogP contribution in [0.15, 0.2) is 53.4 Å². The number of nitrogens with zero attached hydrogens (tertiary/aromatic N) is 1. The molecule has 0 saturated heterocycles. The molecule has 0 spiro atoms. The second-order valence-corrected chi connectivity index (χ2v) is 8.40. The SMILES string of the molecule is CC(C)NC(=O)Cc1ccc(N(C)S(=O)(=O)c2ccc(Cl)cc2)cc1. The number of benzene rings is 2. The van der Waals surface area contributed by atoms with Crippen LogP contribution in [-0.4, -0.2) is 27.4 Å². The molecule has 0 aromatic heterocycles. The first-order chi connectivity index (χ1) is 11.7. The van der Waals surface area contributed by atoms with Gasteiger partial charge < -0.3 is 5.32 Å². The average Bonchev–Trinajstić information content (AvgIpc) is 2.54. The van der Waals surface area contributed by atoms with Crippen molar-refractivity contribution in [3.05, 3.63) is 59.1 Å². The smallest absolute Gasteiger partial charge is 0.264 e. The predicted octanol–water partition coefficient (Wildman–Crippen LogP) is 3.23. The molecular weight excluding hydrogens is 360 g/mol. The van der Waals surface area contributed by atoms with Gasteiger partial charge in [-0.3, -0.25) is 9.10 Å². The summed E-state index contributed by atoms with van der Waals surface area (Å²) in [6, 6.07) is 13.0. The maximum Gasteiger partial charge on any atom is 0.264 e. The van der Waals surface area contributed by atoms with Crippen LogP contribution in [-0.2, 0) is 21.2 Å². The Balaban J connectivity index is 2.15. The topological polar surface area (TPSA) is 66.5 Å². The largest absolute Gasteiger partial charge is 0.354 e. The number of halogens is 1. The molecule has 0 heterocycles. The molecule has 0 atom stereocenters. The van der Waals surface area contributed by atoms with Crippen molar-refractivity contribution in [1.82, 2.24) is 5.32 Å². The summed E-state index contributed by atoms with van der Waals surface area (Å²) in [5.41, 5.74) is 1.34. The van der Waals surface area contributed by atoms with Crippen molar-refractivity contribution in [2.75, 3.05) is 11.4 Å². The van der Waals surface area contributed by atoms with E-state index in [9.17, 15) is 13.2 Å². The molecule has 0 aliphatic heterocycles. The van der Waals surface area contributed by atoms with Gasteiger partial charge in [0.2, 0.25) is 5.91 Å². The van der Waals surface area contributed by atoms with Crippen molar-refractivity contribution < 1.29 is 13.2 Å². The fourth-order valence-electron chi connectivity index (χ4n) is 2.29. The van der Waals surface area contributed by atoms with E-state index >= 15 is 0 Å². The summed E-state index contributed by atoms with van der Waals surface area (Å²) < 4.78 is 26.5. The molecule has 5 nitrogen and oxygen atoms in total. The summed E-state index contributed by atoms with van der Waals surface area (Å²) in [6.07, 6.45) is 0.256. The van der Waals surface area contributed by atoms with Gasteiger partial charge in [-0.1, -0.05) is 23.7 Å². The summed E-state index contributed by atoms with van der Waals surface area (Å²) in [7, 11) is -2.17. The lowest BCUT2D eigenvalue weighted by Crippen LogP contribution is -2.31. The van der Waals surface area contributed by atoms with Crippen LogP contribution in [0, 0.1) is 0 Å². The Hall–Kier alpha value is -2.05. The van der Waals surface area contributed by atoms with E-state index in [0.717, 1.165) is 5.56 Å². The Morgan fingerprint density at radius 1 is 1.08 bits per heavy atom. The summed E-state index contributed by atoms with van der Waals surface area (Å²) >= 11 is 5.81. The third-order valence-electron chi connectivity index (χ3n) is 3.59. The Labute approximate surface area is 153 Å². The zero-order chi connectivity index (χ0) is 18.6. The van der Waals surface area contributed by atoms with Crippen molar-refractivity contribution in [1.29, 1.82) is 0 Å². The molecule has 0 aliphatic carbocycles. The number of sulfonamides is 1. The van der Waals surface area contributed by atoms with E-state index in [1.54, 1.807) is 36.4 Å². The van der Waals surface area contributed by atoms with Gasteiger partial charge in [0.1, 0.15) is 0 Å². The number of hydrogen-bond acceptors (Lipinski definition) is 3. The lowest BCUT2D eigenvalue weighted by Gasteiger charge is -2.20. The van der Waals surface area contributed by atoms with Crippen LogP contribution < -0.4 is 9.62 Å². The highest BCUT2D eigenvalue weighted by molar-refractivity contribution is 7.92. The molecule has 134 valence electrons. The highest BCUT2D eigenvalue weighted by Crippen LogP contribution is 2.23. The molecule has 0 saturated carbocycles. The lowest BCUT2D eigenvalue weighted by atomic mass is 10.1. The van der Waals surface area contributed by atoms with Gasteiger partial charge in [-0.05, 0) is 55.8 Å². The maximum atomic E-state index is 12.6. The third kappa shape index (κ3) is 4.96. The van der Waals surface area contributed by atoms with E-state index in [1.807, 2.05) is 13.8 Å². The first kappa shape index (κ1) is 19.3. The number of carbonyl (C=O) groups is 1.